The van der Waals surface area contributed by atoms with Gasteiger partial charge in [-0.1, -0.05) is 20.3 Å². The topological polar surface area (TPSA) is 52.9 Å². The Morgan fingerprint density at radius 2 is 2.22 bits per heavy atom. The summed E-state index contributed by atoms with van der Waals surface area (Å²) in [6.07, 6.45) is 4.92. The fourth-order valence-electron chi connectivity index (χ4n) is 3.27. The zero-order valence-corrected chi connectivity index (χ0v) is 12.1. The Morgan fingerprint density at radius 3 is 2.78 bits per heavy atom. The number of carbonyl (C=O) groups excluding carboxylic acids is 1. The van der Waals surface area contributed by atoms with E-state index in [-0.39, 0.29) is 11.9 Å². The lowest BCUT2D eigenvalue weighted by Crippen LogP contribution is -2.52. The third-order valence-corrected chi connectivity index (χ3v) is 5.52. The molecule has 4 heteroatoms. The number of nitrogens with zero attached hydrogens (tertiary/aromatic N) is 1. The molecule has 0 aliphatic heterocycles. The minimum Gasteiger partial charge on any atom is -0.351 e. The van der Waals surface area contributed by atoms with Crippen LogP contribution in [0.1, 0.15) is 46.0 Å². The number of rotatable bonds is 4. The summed E-state index contributed by atoms with van der Waals surface area (Å²) in [5.74, 6) is 1.59. The summed E-state index contributed by atoms with van der Waals surface area (Å²) in [6, 6.07) is 2.53. The second-order valence-electron chi connectivity index (χ2n) is 5.71. The first-order valence-electron chi connectivity index (χ1n) is 6.95. The van der Waals surface area contributed by atoms with Gasteiger partial charge in [0.15, 0.2) is 0 Å². The van der Waals surface area contributed by atoms with Gasteiger partial charge in [0.2, 0.25) is 5.91 Å². The van der Waals surface area contributed by atoms with Gasteiger partial charge in [0.1, 0.15) is 5.41 Å². The van der Waals surface area contributed by atoms with Crippen molar-refractivity contribution in [2.75, 3.05) is 5.75 Å². The lowest BCUT2D eigenvalue weighted by Gasteiger charge is -2.40. The van der Waals surface area contributed by atoms with Gasteiger partial charge in [0, 0.05) is 11.3 Å². The molecular weight excluding hydrogens is 244 g/mol. The van der Waals surface area contributed by atoms with E-state index in [9.17, 15) is 10.1 Å². The summed E-state index contributed by atoms with van der Waals surface area (Å²) < 4.78 is 0. The second-order valence-corrected chi connectivity index (χ2v) is 7.23. The lowest BCUT2D eigenvalue weighted by atomic mass is 9.63. The van der Waals surface area contributed by atoms with Crippen molar-refractivity contribution >= 4 is 17.7 Å². The van der Waals surface area contributed by atoms with E-state index < -0.39 is 5.41 Å². The molecule has 3 nitrogen and oxygen atoms in total. The molecule has 2 aliphatic rings. The average Bonchev–Trinajstić information content (AvgIpc) is 2.72. The Labute approximate surface area is 114 Å². The highest BCUT2D eigenvalue weighted by Gasteiger charge is 2.49. The van der Waals surface area contributed by atoms with Crippen molar-refractivity contribution in [1.29, 1.82) is 5.26 Å². The third kappa shape index (κ3) is 2.51. The Balaban J connectivity index is 1.93. The Morgan fingerprint density at radius 1 is 1.50 bits per heavy atom. The second kappa shape index (κ2) is 5.52. The maximum Gasteiger partial charge on any atom is 0.240 e. The summed E-state index contributed by atoms with van der Waals surface area (Å²) in [6.45, 7) is 4.26. The van der Waals surface area contributed by atoms with Crippen molar-refractivity contribution in [3.05, 3.63) is 0 Å². The molecule has 2 rings (SSSR count). The number of hydrogen-bond donors (Lipinski definition) is 1. The van der Waals surface area contributed by atoms with Gasteiger partial charge in [-0.25, -0.2) is 0 Å². The standard InChI is InChI=1S/C14H22N2OS/c1-3-18-12-6-4-5-11(12)16-13(17)14(9-15)7-10(2)8-14/h10-12H,3-8H2,1-2H3,(H,16,17). The minimum atomic E-state index is -0.719. The first-order valence-corrected chi connectivity index (χ1v) is 8.00. The molecule has 0 aromatic heterocycles. The molecule has 1 N–H and O–H groups in total. The van der Waals surface area contributed by atoms with Gasteiger partial charge < -0.3 is 5.32 Å². The molecule has 2 atom stereocenters. The van der Waals surface area contributed by atoms with E-state index in [0.717, 1.165) is 25.0 Å². The molecule has 2 saturated carbocycles. The van der Waals surface area contributed by atoms with Gasteiger partial charge in [-0.05, 0) is 37.4 Å². The summed E-state index contributed by atoms with van der Waals surface area (Å²) in [7, 11) is 0. The highest BCUT2D eigenvalue weighted by molar-refractivity contribution is 7.99. The van der Waals surface area contributed by atoms with Crippen molar-refractivity contribution in [1.82, 2.24) is 5.32 Å². The summed E-state index contributed by atoms with van der Waals surface area (Å²) in [5.41, 5.74) is -0.719. The molecule has 100 valence electrons. The van der Waals surface area contributed by atoms with Crippen LogP contribution in [0.25, 0.3) is 0 Å². The zero-order chi connectivity index (χ0) is 13.2. The van der Waals surface area contributed by atoms with E-state index >= 15 is 0 Å². The number of nitriles is 1. The molecule has 0 saturated heterocycles. The van der Waals surface area contributed by atoms with Crippen molar-refractivity contribution in [3.63, 3.8) is 0 Å². The normalized spacial score (nSPS) is 38.8. The van der Waals surface area contributed by atoms with Crippen LogP contribution in [0.3, 0.4) is 0 Å². The molecule has 2 aliphatic carbocycles. The van der Waals surface area contributed by atoms with Crippen molar-refractivity contribution in [2.45, 2.75) is 57.2 Å². The van der Waals surface area contributed by atoms with Crippen molar-refractivity contribution in [2.24, 2.45) is 11.3 Å². The van der Waals surface area contributed by atoms with Crippen LogP contribution >= 0.6 is 11.8 Å². The van der Waals surface area contributed by atoms with Crippen molar-refractivity contribution in [3.8, 4) is 6.07 Å². The van der Waals surface area contributed by atoms with Crippen LogP contribution < -0.4 is 5.32 Å². The number of thioether (sulfide) groups is 1. The molecule has 1 amide bonds. The highest BCUT2D eigenvalue weighted by atomic mass is 32.2. The van der Waals surface area contributed by atoms with E-state index in [1.165, 1.54) is 12.8 Å². The van der Waals surface area contributed by atoms with E-state index in [2.05, 4.69) is 25.2 Å². The molecule has 2 fully saturated rings. The van der Waals surface area contributed by atoms with Gasteiger partial charge in [-0.3, -0.25) is 4.79 Å². The predicted octanol–water partition coefficient (Wildman–Crippen LogP) is 2.72. The van der Waals surface area contributed by atoms with Crippen LogP contribution in [0.15, 0.2) is 0 Å². The minimum absolute atomic E-state index is 0.0169. The number of amides is 1. The Kier molecular flexibility index (Phi) is 4.21. The number of carbonyl (C=O) groups is 1. The van der Waals surface area contributed by atoms with Crippen LogP contribution in [-0.2, 0) is 4.79 Å². The molecule has 0 heterocycles. The van der Waals surface area contributed by atoms with E-state index in [1.807, 2.05) is 11.8 Å². The van der Waals surface area contributed by atoms with Crippen LogP contribution in [-0.4, -0.2) is 23.0 Å². The first kappa shape index (κ1) is 13.7. The van der Waals surface area contributed by atoms with Crippen LogP contribution in [0.4, 0.5) is 0 Å². The smallest absolute Gasteiger partial charge is 0.240 e. The number of hydrogen-bond acceptors (Lipinski definition) is 3. The van der Waals surface area contributed by atoms with Crippen LogP contribution in [0.5, 0.6) is 0 Å². The largest absolute Gasteiger partial charge is 0.351 e. The summed E-state index contributed by atoms with van der Waals surface area (Å²) in [4.78, 5) is 12.3. The van der Waals surface area contributed by atoms with E-state index in [4.69, 9.17) is 0 Å². The monoisotopic (exact) mass is 266 g/mol. The summed E-state index contributed by atoms with van der Waals surface area (Å²) in [5, 5.41) is 12.9. The molecule has 0 spiro atoms. The third-order valence-electron chi connectivity index (χ3n) is 4.19. The highest BCUT2D eigenvalue weighted by Crippen LogP contribution is 2.45. The van der Waals surface area contributed by atoms with E-state index in [1.54, 1.807) is 0 Å². The van der Waals surface area contributed by atoms with Crippen LogP contribution in [0, 0.1) is 22.7 Å². The van der Waals surface area contributed by atoms with Gasteiger partial charge in [0.25, 0.3) is 0 Å². The zero-order valence-electron chi connectivity index (χ0n) is 11.2. The molecule has 2 unspecified atom stereocenters. The number of nitrogens with one attached hydrogen (secondary N) is 1. The average molecular weight is 266 g/mol. The SMILES string of the molecule is CCSC1CCCC1NC(=O)C1(C#N)CC(C)C1. The molecule has 0 aromatic carbocycles. The van der Waals surface area contributed by atoms with Gasteiger partial charge in [0.05, 0.1) is 6.07 Å². The predicted molar refractivity (Wildman–Crippen MR) is 74.1 cm³/mol. The quantitative estimate of drug-likeness (QED) is 0.851. The maximum atomic E-state index is 12.3. The van der Waals surface area contributed by atoms with Crippen LogP contribution in [0.2, 0.25) is 0 Å². The van der Waals surface area contributed by atoms with Gasteiger partial charge in [-0.15, -0.1) is 0 Å². The molecule has 0 radical (unpaired) electrons. The lowest BCUT2D eigenvalue weighted by molar-refractivity contribution is -0.134. The summed E-state index contributed by atoms with van der Waals surface area (Å²) >= 11 is 1.94. The molecule has 0 aromatic rings. The molecular formula is C14H22N2OS. The van der Waals surface area contributed by atoms with Gasteiger partial charge >= 0.3 is 0 Å². The molecule has 18 heavy (non-hydrogen) atoms. The Bertz CT molecular complexity index is 357. The fourth-order valence-corrected chi connectivity index (χ4v) is 4.47. The fraction of sp³-hybridized carbons (Fsp3) is 0.857. The van der Waals surface area contributed by atoms with Gasteiger partial charge in [-0.2, -0.15) is 17.0 Å². The maximum absolute atomic E-state index is 12.3. The Hall–Kier alpha value is -0.690. The molecule has 0 bridgehead atoms. The van der Waals surface area contributed by atoms with Crippen molar-refractivity contribution < 1.29 is 4.79 Å². The first-order chi connectivity index (χ1) is 8.61. The van der Waals surface area contributed by atoms with E-state index in [0.29, 0.717) is 11.2 Å².